The Morgan fingerprint density at radius 1 is 1.04 bits per heavy atom. The number of benzene rings is 2. The zero-order valence-electron chi connectivity index (χ0n) is 13.3. The molecule has 26 heavy (non-hydrogen) atoms. The Morgan fingerprint density at radius 2 is 1.65 bits per heavy atom. The third-order valence-electron chi connectivity index (χ3n) is 3.12. The topological polar surface area (TPSA) is 98.5 Å². The summed E-state index contributed by atoms with van der Waals surface area (Å²) in [6.45, 7) is -0.593. The smallest absolute Gasteiger partial charge is 0.338 e. The van der Waals surface area contributed by atoms with Gasteiger partial charge < -0.3 is 15.8 Å². The number of rotatable bonds is 7. The number of para-hydroxylation sites is 1. The van der Waals surface area contributed by atoms with Gasteiger partial charge in [-0.1, -0.05) is 23.9 Å². The van der Waals surface area contributed by atoms with Crippen LogP contribution in [0.5, 0.6) is 0 Å². The van der Waals surface area contributed by atoms with E-state index in [1.807, 2.05) is 0 Å². The molecule has 0 aromatic heterocycles. The maximum atomic E-state index is 12.5. The van der Waals surface area contributed by atoms with Gasteiger partial charge in [0, 0.05) is 10.5 Å². The minimum atomic E-state index is -2.63. The van der Waals surface area contributed by atoms with Crippen molar-refractivity contribution in [2.75, 3.05) is 11.9 Å². The molecule has 0 aliphatic heterocycles. The first-order valence-electron chi connectivity index (χ1n) is 7.27. The first kappa shape index (κ1) is 19.4. The number of primary amides is 1. The number of hydrogen-bond donors (Lipinski definition) is 2. The van der Waals surface area contributed by atoms with Gasteiger partial charge in [0.25, 0.3) is 11.7 Å². The predicted molar refractivity (Wildman–Crippen MR) is 92.2 cm³/mol. The number of ether oxygens (including phenoxy) is 1. The molecule has 6 nitrogen and oxygen atoms in total. The number of halogens is 2. The molecule has 0 unspecified atom stereocenters. The third kappa shape index (κ3) is 5.55. The lowest BCUT2D eigenvalue weighted by Crippen LogP contribution is -2.21. The number of nitrogens with one attached hydrogen (secondary N) is 1. The molecular formula is C17H14F2N2O4S. The number of hydrogen-bond acceptors (Lipinski definition) is 5. The number of amides is 2. The van der Waals surface area contributed by atoms with Crippen molar-refractivity contribution in [3.05, 3.63) is 59.7 Å². The molecule has 136 valence electrons. The maximum Gasteiger partial charge on any atom is 0.338 e. The SMILES string of the molecule is NC(=O)c1ccc(C(=O)OCC(=O)Nc2ccccc2SC(F)F)cc1. The highest BCUT2D eigenvalue weighted by Gasteiger charge is 2.14. The molecule has 2 aromatic rings. The third-order valence-corrected chi connectivity index (χ3v) is 3.90. The summed E-state index contributed by atoms with van der Waals surface area (Å²) in [5.74, 6) is -4.71. The summed E-state index contributed by atoms with van der Waals surface area (Å²) in [5.41, 5.74) is 5.66. The van der Waals surface area contributed by atoms with Crippen LogP contribution in [0.2, 0.25) is 0 Å². The fourth-order valence-electron chi connectivity index (χ4n) is 1.94. The number of nitrogens with two attached hydrogens (primary N) is 1. The summed E-state index contributed by atoms with van der Waals surface area (Å²) in [7, 11) is 0. The number of carbonyl (C=O) groups is 3. The second kappa shape index (κ2) is 8.95. The van der Waals surface area contributed by atoms with E-state index in [2.05, 4.69) is 5.32 Å². The van der Waals surface area contributed by atoms with E-state index in [-0.39, 0.29) is 21.7 Å². The molecule has 0 heterocycles. The van der Waals surface area contributed by atoms with Crippen molar-refractivity contribution in [3.8, 4) is 0 Å². The molecule has 0 saturated carbocycles. The number of alkyl halides is 2. The Balaban J connectivity index is 1.92. The zero-order chi connectivity index (χ0) is 19.1. The van der Waals surface area contributed by atoms with Crippen molar-refractivity contribution in [3.63, 3.8) is 0 Å². The summed E-state index contributed by atoms with van der Waals surface area (Å²) >= 11 is 0.298. The van der Waals surface area contributed by atoms with Gasteiger partial charge in [0.05, 0.1) is 11.3 Å². The van der Waals surface area contributed by atoms with E-state index < -0.39 is 30.1 Å². The highest BCUT2D eigenvalue weighted by Crippen LogP contribution is 2.31. The molecule has 2 rings (SSSR count). The van der Waals surface area contributed by atoms with E-state index in [4.69, 9.17) is 10.5 Å². The van der Waals surface area contributed by atoms with E-state index in [0.29, 0.717) is 11.8 Å². The monoisotopic (exact) mass is 380 g/mol. The van der Waals surface area contributed by atoms with Gasteiger partial charge in [0.1, 0.15) is 0 Å². The van der Waals surface area contributed by atoms with Crippen LogP contribution in [-0.4, -0.2) is 30.1 Å². The zero-order valence-corrected chi connectivity index (χ0v) is 14.1. The van der Waals surface area contributed by atoms with Gasteiger partial charge in [-0.2, -0.15) is 8.78 Å². The molecular weight excluding hydrogens is 366 g/mol. The molecule has 2 aromatic carbocycles. The van der Waals surface area contributed by atoms with Crippen molar-refractivity contribution in [1.29, 1.82) is 0 Å². The summed E-state index contributed by atoms with van der Waals surface area (Å²) in [6.07, 6.45) is 0. The van der Waals surface area contributed by atoms with Crippen molar-refractivity contribution in [2.45, 2.75) is 10.7 Å². The molecule has 0 aliphatic carbocycles. The van der Waals surface area contributed by atoms with E-state index in [0.717, 1.165) is 0 Å². The van der Waals surface area contributed by atoms with Crippen LogP contribution >= 0.6 is 11.8 Å². The van der Waals surface area contributed by atoms with Crippen LogP contribution in [0.3, 0.4) is 0 Å². The number of anilines is 1. The first-order valence-corrected chi connectivity index (χ1v) is 8.15. The standard InChI is InChI=1S/C17H14F2N2O4S/c18-17(19)26-13-4-2-1-3-12(13)21-14(22)9-25-16(24)11-7-5-10(6-8-11)15(20)23/h1-8,17H,9H2,(H2,20,23)(H,21,22). The lowest BCUT2D eigenvalue weighted by Gasteiger charge is -2.10. The van der Waals surface area contributed by atoms with Gasteiger partial charge in [0.2, 0.25) is 5.91 Å². The molecule has 2 amide bonds. The first-order chi connectivity index (χ1) is 12.4. The van der Waals surface area contributed by atoms with Crippen LogP contribution in [0.1, 0.15) is 20.7 Å². The van der Waals surface area contributed by atoms with Gasteiger partial charge >= 0.3 is 5.97 Å². The Morgan fingerprint density at radius 3 is 2.27 bits per heavy atom. The van der Waals surface area contributed by atoms with Crippen LogP contribution in [0.15, 0.2) is 53.4 Å². The Hall–Kier alpha value is -2.94. The van der Waals surface area contributed by atoms with Gasteiger partial charge in [-0.3, -0.25) is 9.59 Å². The Bertz CT molecular complexity index is 813. The Labute approximate surface area is 151 Å². The summed E-state index contributed by atoms with van der Waals surface area (Å²) in [6, 6.07) is 11.5. The predicted octanol–water partition coefficient (Wildman–Crippen LogP) is 2.90. The van der Waals surface area contributed by atoms with E-state index in [1.165, 1.54) is 36.4 Å². The molecule has 9 heteroatoms. The largest absolute Gasteiger partial charge is 0.452 e. The maximum absolute atomic E-state index is 12.5. The second-order valence-electron chi connectivity index (χ2n) is 4.94. The number of esters is 1. The van der Waals surface area contributed by atoms with Gasteiger partial charge in [-0.05, 0) is 36.4 Å². The lowest BCUT2D eigenvalue weighted by atomic mass is 10.1. The van der Waals surface area contributed by atoms with Crippen molar-refractivity contribution in [1.82, 2.24) is 0 Å². The highest BCUT2D eigenvalue weighted by atomic mass is 32.2. The van der Waals surface area contributed by atoms with E-state index in [9.17, 15) is 23.2 Å². The Kier molecular flexibility index (Phi) is 6.67. The normalized spacial score (nSPS) is 10.4. The average molecular weight is 380 g/mol. The van der Waals surface area contributed by atoms with Crippen LogP contribution < -0.4 is 11.1 Å². The number of thioether (sulfide) groups is 1. The molecule has 0 fully saturated rings. The van der Waals surface area contributed by atoms with E-state index >= 15 is 0 Å². The fraction of sp³-hybridized carbons (Fsp3) is 0.118. The van der Waals surface area contributed by atoms with Gasteiger partial charge in [-0.25, -0.2) is 4.79 Å². The molecule has 0 aliphatic rings. The minimum Gasteiger partial charge on any atom is -0.452 e. The lowest BCUT2D eigenvalue weighted by molar-refractivity contribution is -0.119. The fourth-order valence-corrected chi connectivity index (χ4v) is 2.54. The van der Waals surface area contributed by atoms with Crippen LogP contribution in [-0.2, 0) is 9.53 Å². The summed E-state index contributed by atoms with van der Waals surface area (Å²) in [5, 5.41) is 2.42. The van der Waals surface area contributed by atoms with Crippen LogP contribution in [0, 0.1) is 0 Å². The van der Waals surface area contributed by atoms with Crippen molar-refractivity contribution in [2.24, 2.45) is 5.73 Å². The molecule has 3 N–H and O–H groups in total. The molecule has 0 radical (unpaired) electrons. The average Bonchev–Trinajstić information content (AvgIpc) is 2.61. The minimum absolute atomic E-state index is 0.136. The second-order valence-corrected chi connectivity index (χ2v) is 5.97. The van der Waals surface area contributed by atoms with Crippen molar-refractivity contribution < 1.29 is 27.9 Å². The number of carbonyl (C=O) groups excluding carboxylic acids is 3. The van der Waals surface area contributed by atoms with E-state index in [1.54, 1.807) is 12.1 Å². The van der Waals surface area contributed by atoms with Crippen LogP contribution in [0.4, 0.5) is 14.5 Å². The van der Waals surface area contributed by atoms with Crippen LogP contribution in [0.25, 0.3) is 0 Å². The van der Waals surface area contributed by atoms with Gasteiger partial charge in [0.15, 0.2) is 6.61 Å². The molecule has 0 saturated heterocycles. The van der Waals surface area contributed by atoms with Gasteiger partial charge in [-0.15, -0.1) is 0 Å². The molecule has 0 spiro atoms. The molecule has 0 atom stereocenters. The molecule has 0 bridgehead atoms. The summed E-state index contributed by atoms with van der Waals surface area (Å²) < 4.78 is 29.9. The quantitative estimate of drug-likeness (QED) is 0.568. The summed E-state index contributed by atoms with van der Waals surface area (Å²) in [4.78, 5) is 34.9. The van der Waals surface area contributed by atoms with Crippen molar-refractivity contribution >= 4 is 35.2 Å². The highest BCUT2D eigenvalue weighted by molar-refractivity contribution is 7.99.